The summed E-state index contributed by atoms with van der Waals surface area (Å²) in [5.41, 5.74) is 5.19. The van der Waals surface area contributed by atoms with Gasteiger partial charge in [0.05, 0.1) is 5.69 Å². The molecule has 5 aromatic carbocycles. The molecule has 7 rings (SSSR count). The smallest absolute Gasteiger partial charge is 0.114 e. The Morgan fingerprint density at radius 3 is 2.18 bits per heavy atom. The molecule has 0 unspecified atom stereocenters. The van der Waals surface area contributed by atoms with Gasteiger partial charge < -0.3 is 0 Å². The molecule has 0 saturated heterocycles. The van der Waals surface area contributed by atoms with E-state index < -0.39 is 8.07 Å². The van der Waals surface area contributed by atoms with E-state index >= 15 is 0 Å². The lowest BCUT2D eigenvalue weighted by Gasteiger charge is -2.34. The summed E-state index contributed by atoms with van der Waals surface area (Å²) in [6, 6.07) is 27.6. The predicted octanol–water partition coefficient (Wildman–Crippen LogP) is 7.11. The van der Waals surface area contributed by atoms with E-state index in [0.717, 1.165) is 5.69 Å². The minimum absolute atomic E-state index is 1.15. The number of benzene rings is 5. The van der Waals surface area contributed by atoms with Crippen LogP contribution < -0.4 is 10.4 Å². The average Bonchev–Trinajstić information content (AvgIpc) is 2.82. The number of hydrogen-bond acceptors (Lipinski definition) is 1. The topological polar surface area (TPSA) is 12.9 Å². The number of rotatable bonds is 0. The second-order valence-electron chi connectivity index (χ2n) is 10.2. The van der Waals surface area contributed by atoms with E-state index in [0.29, 0.717) is 0 Å². The molecule has 1 nitrogen and oxygen atoms in total. The van der Waals surface area contributed by atoms with Gasteiger partial charge in [-0.3, -0.25) is 4.98 Å². The Bertz CT molecular complexity index is 1810. The number of hydrogen-bond donors (Lipinski definition) is 0. The van der Waals surface area contributed by atoms with E-state index in [-0.39, 0.29) is 0 Å². The first-order chi connectivity index (χ1) is 15.9. The van der Waals surface area contributed by atoms with Crippen molar-refractivity contribution in [2.45, 2.75) is 26.9 Å². The molecule has 0 saturated carbocycles. The first kappa shape index (κ1) is 19.0. The second kappa shape index (κ2) is 6.30. The molecule has 33 heavy (non-hydrogen) atoms. The lowest BCUT2D eigenvalue weighted by molar-refractivity contribution is 1.36. The van der Waals surface area contributed by atoms with E-state index in [1.165, 1.54) is 70.2 Å². The van der Waals surface area contributed by atoms with Gasteiger partial charge in [0.15, 0.2) is 0 Å². The zero-order chi connectivity index (χ0) is 22.5. The second-order valence-corrected chi connectivity index (χ2v) is 14.5. The molecule has 1 aromatic heterocycles. The van der Waals surface area contributed by atoms with Gasteiger partial charge in [-0.2, -0.15) is 0 Å². The summed E-state index contributed by atoms with van der Waals surface area (Å²) in [6.45, 7) is 9.45. The number of nitrogens with zero attached hydrogens (tertiary/aromatic N) is 1. The fraction of sp³-hybridized carbons (Fsp3) is 0.129. The van der Waals surface area contributed by atoms with Crippen LogP contribution in [0.3, 0.4) is 0 Å². The van der Waals surface area contributed by atoms with Crippen LogP contribution in [0.2, 0.25) is 13.1 Å². The molecule has 1 aliphatic rings. The van der Waals surface area contributed by atoms with Crippen molar-refractivity contribution in [1.82, 2.24) is 4.98 Å². The molecule has 6 aromatic rings. The molecular weight excluding hydrogens is 414 g/mol. The highest BCUT2D eigenvalue weighted by molar-refractivity contribution is 7.03. The van der Waals surface area contributed by atoms with Gasteiger partial charge >= 0.3 is 0 Å². The summed E-state index contributed by atoms with van der Waals surface area (Å²) in [5, 5.41) is 13.7. The number of aromatic nitrogens is 1. The highest BCUT2D eigenvalue weighted by Gasteiger charge is 2.37. The van der Waals surface area contributed by atoms with E-state index in [2.05, 4.69) is 99.7 Å². The number of aryl methyl sites for hydroxylation is 2. The summed E-state index contributed by atoms with van der Waals surface area (Å²) in [4.78, 5) is 4.97. The number of fused-ring (bicyclic) bond motifs is 7. The molecule has 0 N–H and O–H groups in total. The monoisotopic (exact) mass is 439 g/mol. The zero-order valence-electron chi connectivity index (χ0n) is 19.5. The van der Waals surface area contributed by atoms with Gasteiger partial charge in [-0.25, -0.2) is 0 Å². The van der Waals surface area contributed by atoms with Gasteiger partial charge in [0.1, 0.15) is 8.07 Å². The molecule has 0 spiro atoms. The maximum atomic E-state index is 4.97. The largest absolute Gasteiger partial charge is 0.256 e. The lowest BCUT2D eigenvalue weighted by Crippen LogP contribution is -2.56. The molecule has 2 heteroatoms. The third-order valence-corrected chi connectivity index (χ3v) is 11.5. The molecule has 158 valence electrons. The fourth-order valence-corrected chi connectivity index (χ4v) is 9.03. The van der Waals surface area contributed by atoms with Crippen molar-refractivity contribution in [2.75, 3.05) is 0 Å². The third-order valence-electron chi connectivity index (χ3n) is 7.96. The predicted molar refractivity (Wildman–Crippen MR) is 146 cm³/mol. The zero-order valence-corrected chi connectivity index (χ0v) is 20.5. The summed E-state index contributed by atoms with van der Waals surface area (Å²) < 4.78 is 0. The first-order valence-corrected chi connectivity index (χ1v) is 14.7. The van der Waals surface area contributed by atoms with Gasteiger partial charge in [0.25, 0.3) is 0 Å². The summed E-state index contributed by atoms with van der Waals surface area (Å²) in [5.74, 6) is 0. The van der Waals surface area contributed by atoms with E-state index in [1.807, 2.05) is 6.20 Å². The van der Waals surface area contributed by atoms with Crippen molar-refractivity contribution in [1.29, 1.82) is 0 Å². The Morgan fingerprint density at radius 2 is 1.36 bits per heavy atom. The molecule has 1 aliphatic heterocycles. The van der Waals surface area contributed by atoms with Crippen molar-refractivity contribution in [3.05, 3.63) is 90.1 Å². The molecule has 0 fully saturated rings. The normalized spacial score (nSPS) is 14.3. The van der Waals surface area contributed by atoms with Crippen LogP contribution in [0.15, 0.2) is 79.0 Å². The number of pyridine rings is 1. The highest BCUT2D eigenvalue weighted by Crippen LogP contribution is 2.39. The third kappa shape index (κ3) is 2.45. The van der Waals surface area contributed by atoms with Crippen molar-refractivity contribution in [2.24, 2.45) is 0 Å². The average molecular weight is 440 g/mol. The molecule has 0 aliphatic carbocycles. The van der Waals surface area contributed by atoms with Gasteiger partial charge in [0, 0.05) is 17.1 Å². The molecule has 2 heterocycles. The quantitative estimate of drug-likeness (QED) is 0.181. The molecular formula is C31H25NSi. The maximum absolute atomic E-state index is 4.97. The first-order valence-electron chi connectivity index (χ1n) is 11.7. The van der Waals surface area contributed by atoms with Crippen molar-refractivity contribution < 1.29 is 0 Å². The van der Waals surface area contributed by atoms with Gasteiger partial charge in [-0.1, -0.05) is 73.8 Å². The van der Waals surface area contributed by atoms with Crippen LogP contribution in [0.4, 0.5) is 0 Å². The summed E-state index contributed by atoms with van der Waals surface area (Å²) >= 11 is 0. The van der Waals surface area contributed by atoms with Crippen LogP contribution in [0.5, 0.6) is 0 Å². The van der Waals surface area contributed by atoms with Gasteiger partial charge in [-0.15, -0.1) is 0 Å². The summed E-state index contributed by atoms with van der Waals surface area (Å²) in [6.07, 6.45) is 2.00. The van der Waals surface area contributed by atoms with Crippen molar-refractivity contribution in [3.63, 3.8) is 0 Å². The van der Waals surface area contributed by atoms with E-state index in [1.54, 1.807) is 0 Å². The van der Waals surface area contributed by atoms with Crippen molar-refractivity contribution >= 4 is 61.5 Å². The van der Waals surface area contributed by atoms with Crippen LogP contribution in [-0.2, 0) is 0 Å². The van der Waals surface area contributed by atoms with Crippen LogP contribution >= 0.6 is 0 Å². The van der Waals surface area contributed by atoms with Crippen LogP contribution in [0.1, 0.15) is 11.1 Å². The Balaban J connectivity index is 1.70. The fourth-order valence-electron chi connectivity index (χ4n) is 5.98. The Hall–Kier alpha value is -3.49. The standard InChI is InChI=1S/C31H25NSi/c1-18-13-22-9-10-23-24-11-12-32-31-27-15-20-7-5-6-8-21(20)16-28(27)33(3,4)29(30(24)31)17-26(23)25(22)14-19(18)2/h5-17H,1-4H3. The Labute approximate surface area is 194 Å². The maximum Gasteiger partial charge on any atom is 0.114 e. The molecule has 0 atom stereocenters. The SMILES string of the molecule is Cc1cc2ccc3c4ccnc5c4c(cc3c2cc1C)[Si](C)(C)c1cc2ccccc2cc1-5. The van der Waals surface area contributed by atoms with Crippen LogP contribution in [-0.4, -0.2) is 13.1 Å². The van der Waals surface area contributed by atoms with E-state index in [4.69, 9.17) is 4.98 Å². The van der Waals surface area contributed by atoms with Gasteiger partial charge in [0.2, 0.25) is 0 Å². The highest BCUT2D eigenvalue weighted by atomic mass is 28.3. The minimum Gasteiger partial charge on any atom is -0.256 e. The Morgan fingerprint density at radius 1 is 0.606 bits per heavy atom. The van der Waals surface area contributed by atoms with Gasteiger partial charge in [-0.05, 0) is 85.2 Å². The Kier molecular flexibility index (Phi) is 3.63. The molecule has 0 radical (unpaired) electrons. The lowest BCUT2D eigenvalue weighted by atomic mass is 9.93. The van der Waals surface area contributed by atoms with E-state index in [9.17, 15) is 0 Å². The minimum atomic E-state index is -1.95. The van der Waals surface area contributed by atoms with Crippen LogP contribution in [0, 0.1) is 13.8 Å². The summed E-state index contributed by atoms with van der Waals surface area (Å²) in [7, 11) is -1.95. The van der Waals surface area contributed by atoms with Crippen molar-refractivity contribution in [3.8, 4) is 11.3 Å². The molecule has 0 amide bonds. The van der Waals surface area contributed by atoms with Crippen LogP contribution in [0.25, 0.3) is 54.3 Å². The molecule has 0 bridgehead atoms.